The molecule has 1 aromatic heterocycles. The lowest BCUT2D eigenvalue weighted by molar-refractivity contribution is -0.176. The molecular formula is C28H36F3N5O5. The van der Waals surface area contributed by atoms with Crippen LogP contribution < -0.4 is 21.9 Å². The van der Waals surface area contributed by atoms with E-state index in [1.54, 1.807) is 36.6 Å². The Morgan fingerprint density at radius 3 is 2.29 bits per heavy atom. The Hall–Kier alpha value is -3.90. The maximum Gasteiger partial charge on any atom is 0.471 e. The molecule has 1 fully saturated rings. The number of nitrogens with one attached hydrogen (secondary N) is 2. The fourth-order valence-electron chi connectivity index (χ4n) is 5.28. The molecule has 1 aliphatic rings. The van der Waals surface area contributed by atoms with Gasteiger partial charge in [-0.15, -0.1) is 0 Å². The fourth-order valence-corrected chi connectivity index (χ4v) is 5.28. The summed E-state index contributed by atoms with van der Waals surface area (Å²) in [7, 11) is 1.56. The first-order chi connectivity index (χ1) is 19.0. The number of nitrogens with two attached hydrogens (primary N) is 1. The minimum atomic E-state index is -5.21. The molecule has 0 radical (unpaired) electrons. The van der Waals surface area contributed by atoms with E-state index >= 15 is 0 Å². The number of alkyl halides is 3. The Bertz CT molecular complexity index is 1400. The number of aryl methyl sites for hydroxylation is 1. The van der Waals surface area contributed by atoms with Crippen LogP contribution in [-0.4, -0.2) is 57.9 Å². The van der Waals surface area contributed by atoms with Gasteiger partial charge >= 0.3 is 12.1 Å². The van der Waals surface area contributed by atoms with Crippen molar-refractivity contribution in [2.45, 2.75) is 71.3 Å². The summed E-state index contributed by atoms with van der Waals surface area (Å²) in [4.78, 5) is 65.6. The minimum Gasteiger partial charge on any atom is -0.368 e. The SMILES string of the molecule is CCCC1CC(C(=O)NC(C(N)=O)c2cc(=O)n(C)c3ccccc23)N(C(=O)[C@@H](NC(=O)C(F)(F)F)C(C)(C)C)C1. The summed E-state index contributed by atoms with van der Waals surface area (Å²) >= 11 is 0. The van der Waals surface area contributed by atoms with Gasteiger partial charge in [-0.1, -0.05) is 52.3 Å². The van der Waals surface area contributed by atoms with Crippen LogP contribution in [0.3, 0.4) is 0 Å². The summed E-state index contributed by atoms with van der Waals surface area (Å²) in [5.41, 5.74) is 4.79. The Labute approximate surface area is 235 Å². The number of likely N-dealkylation sites (tertiary alicyclic amines) is 1. The average Bonchev–Trinajstić information content (AvgIpc) is 3.30. The van der Waals surface area contributed by atoms with E-state index in [1.165, 1.54) is 36.3 Å². The maximum absolute atomic E-state index is 13.7. The zero-order valence-electron chi connectivity index (χ0n) is 23.7. The number of hydrogen-bond acceptors (Lipinski definition) is 5. The second-order valence-electron chi connectivity index (χ2n) is 11.5. The molecule has 0 aliphatic carbocycles. The molecule has 10 nitrogen and oxygen atoms in total. The Balaban J connectivity index is 1.99. The second kappa shape index (κ2) is 11.9. The van der Waals surface area contributed by atoms with Crippen LogP contribution in [0.1, 0.15) is 58.6 Å². The molecule has 1 aliphatic heterocycles. The quantitative estimate of drug-likeness (QED) is 0.440. The Morgan fingerprint density at radius 1 is 1.10 bits per heavy atom. The van der Waals surface area contributed by atoms with Gasteiger partial charge in [0.25, 0.3) is 5.56 Å². The number of nitrogens with zero attached hydrogens (tertiary/aromatic N) is 2. The minimum absolute atomic E-state index is 0.0786. The predicted octanol–water partition coefficient (Wildman–Crippen LogP) is 2.29. The van der Waals surface area contributed by atoms with Crippen LogP contribution in [0.25, 0.3) is 10.9 Å². The van der Waals surface area contributed by atoms with E-state index in [0.717, 1.165) is 6.42 Å². The van der Waals surface area contributed by atoms with Gasteiger partial charge in [0.15, 0.2) is 0 Å². The van der Waals surface area contributed by atoms with E-state index in [2.05, 4.69) is 5.32 Å². The zero-order valence-corrected chi connectivity index (χ0v) is 23.7. The molecule has 0 saturated carbocycles. The third-order valence-electron chi connectivity index (χ3n) is 7.38. The summed E-state index contributed by atoms with van der Waals surface area (Å²) in [5, 5.41) is 4.88. The molecule has 2 aromatic rings. The van der Waals surface area contributed by atoms with Crippen molar-refractivity contribution >= 4 is 34.5 Å². The highest BCUT2D eigenvalue weighted by atomic mass is 19.4. The van der Waals surface area contributed by atoms with E-state index < -0.39 is 58.9 Å². The molecule has 3 unspecified atom stereocenters. The van der Waals surface area contributed by atoms with E-state index in [4.69, 9.17) is 5.73 Å². The number of hydrogen-bond donors (Lipinski definition) is 3. The van der Waals surface area contributed by atoms with Crippen molar-refractivity contribution < 1.29 is 32.3 Å². The van der Waals surface area contributed by atoms with Gasteiger partial charge in [0.05, 0.1) is 5.52 Å². The van der Waals surface area contributed by atoms with Crippen LogP contribution in [0.4, 0.5) is 13.2 Å². The van der Waals surface area contributed by atoms with Gasteiger partial charge in [-0.3, -0.25) is 24.0 Å². The summed E-state index contributed by atoms with van der Waals surface area (Å²) < 4.78 is 40.6. The molecule has 0 bridgehead atoms. The largest absolute Gasteiger partial charge is 0.471 e. The smallest absolute Gasteiger partial charge is 0.368 e. The lowest BCUT2D eigenvalue weighted by Gasteiger charge is -2.35. The van der Waals surface area contributed by atoms with Gasteiger partial charge < -0.3 is 25.8 Å². The molecule has 4 N–H and O–H groups in total. The summed E-state index contributed by atoms with van der Waals surface area (Å²) in [6, 6.07) is 3.81. The lowest BCUT2D eigenvalue weighted by Crippen LogP contribution is -2.59. The fraction of sp³-hybridized carbons (Fsp3) is 0.536. The van der Waals surface area contributed by atoms with Crippen molar-refractivity contribution in [3.05, 3.63) is 46.2 Å². The molecule has 4 amide bonds. The number of pyridine rings is 1. The summed E-state index contributed by atoms with van der Waals surface area (Å²) in [6.45, 7) is 6.52. The number of primary amides is 1. The van der Waals surface area contributed by atoms with Crippen molar-refractivity contribution in [3.8, 4) is 0 Å². The Kier molecular flexibility index (Phi) is 9.19. The highest BCUT2D eigenvalue weighted by Gasteiger charge is 2.48. The van der Waals surface area contributed by atoms with E-state index in [9.17, 15) is 37.1 Å². The summed E-state index contributed by atoms with van der Waals surface area (Å²) in [5.74, 6) is -4.94. The number of halogens is 3. The topological polar surface area (TPSA) is 144 Å². The third-order valence-corrected chi connectivity index (χ3v) is 7.38. The molecule has 224 valence electrons. The van der Waals surface area contributed by atoms with Crippen LogP contribution >= 0.6 is 0 Å². The van der Waals surface area contributed by atoms with E-state index in [1.807, 2.05) is 6.92 Å². The molecule has 1 aromatic carbocycles. The molecule has 13 heteroatoms. The lowest BCUT2D eigenvalue weighted by atomic mass is 9.85. The number of para-hydroxylation sites is 1. The van der Waals surface area contributed by atoms with Crippen LogP contribution in [-0.2, 0) is 26.2 Å². The average molecular weight is 580 g/mol. The van der Waals surface area contributed by atoms with Crippen LogP contribution in [0.15, 0.2) is 35.1 Å². The Morgan fingerprint density at radius 2 is 1.73 bits per heavy atom. The van der Waals surface area contributed by atoms with Gasteiger partial charge in [0.2, 0.25) is 17.7 Å². The molecule has 0 spiro atoms. The van der Waals surface area contributed by atoms with Crippen molar-refractivity contribution in [2.75, 3.05) is 6.54 Å². The van der Waals surface area contributed by atoms with Crippen molar-refractivity contribution in [1.29, 1.82) is 0 Å². The van der Waals surface area contributed by atoms with Gasteiger partial charge in [-0.2, -0.15) is 13.2 Å². The van der Waals surface area contributed by atoms with Crippen LogP contribution in [0.5, 0.6) is 0 Å². The first-order valence-corrected chi connectivity index (χ1v) is 13.3. The van der Waals surface area contributed by atoms with Crippen LogP contribution in [0.2, 0.25) is 0 Å². The van der Waals surface area contributed by atoms with Crippen molar-refractivity contribution in [1.82, 2.24) is 20.1 Å². The third kappa shape index (κ3) is 6.88. The standard InChI is InChI=1S/C28H36F3N5O5/c1-6-9-15-12-19(36(14-15)25(40)22(27(2,3)4)34-26(41)28(29,30)31)24(39)33-21(23(32)38)17-13-20(37)35(5)18-11-8-7-10-16(17)18/h7-8,10-11,13,15,19,21-22H,6,9,12,14H2,1-5H3,(H2,32,38)(H,33,39)(H,34,41)/t15?,19?,21?,22-/m1/s1. The molecule has 1 saturated heterocycles. The molecule has 3 rings (SSSR count). The van der Waals surface area contributed by atoms with Crippen molar-refractivity contribution in [3.63, 3.8) is 0 Å². The van der Waals surface area contributed by atoms with Crippen molar-refractivity contribution in [2.24, 2.45) is 24.1 Å². The molecule has 41 heavy (non-hydrogen) atoms. The molecule has 4 atom stereocenters. The number of carbonyl (C=O) groups is 4. The van der Waals surface area contributed by atoms with Crippen LogP contribution in [0, 0.1) is 11.3 Å². The zero-order chi connectivity index (χ0) is 30.9. The van der Waals surface area contributed by atoms with Gasteiger partial charge in [0.1, 0.15) is 18.1 Å². The predicted molar refractivity (Wildman–Crippen MR) is 145 cm³/mol. The maximum atomic E-state index is 13.7. The highest BCUT2D eigenvalue weighted by molar-refractivity contribution is 5.97. The van der Waals surface area contributed by atoms with E-state index in [-0.39, 0.29) is 24.4 Å². The summed E-state index contributed by atoms with van der Waals surface area (Å²) in [6.07, 6.45) is -3.64. The number of benzene rings is 1. The van der Waals surface area contributed by atoms with Gasteiger partial charge in [-0.25, -0.2) is 0 Å². The first-order valence-electron chi connectivity index (χ1n) is 13.3. The normalized spacial score (nSPS) is 19.1. The number of fused-ring (bicyclic) bond motifs is 1. The molecule has 2 heterocycles. The van der Waals surface area contributed by atoms with E-state index in [0.29, 0.717) is 17.3 Å². The molecular weight excluding hydrogens is 543 g/mol. The highest BCUT2D eigenvalue weighted by Crippen LogP contribution is 2.32. The second-order valence-corrected chi connectivity index (χ2v) is 11.5. The number of carbonyl (C=O) groups excluding carboxylic acids is 4. The van der Waals surface area contributed by atoms with Gasteiger partial charge in [-0.05, 0) is 35.8 Å². The first kappa shape index (κ1) is 31.6. The number of aromatic nitrogens is 1. The monoisotopic (exact) mass is 579 g/mol. The number of rotatable bonds is 8. The van der Waals surface area contributed by atoms with Gasteiger partial charge in [0, 0.05) is 25.0 Å². The number of amides is 4.